The van der Waals surface area contributed by atoms with Gasteiger partial charge in [0.05, 0.1) is 24.9 Å². The molecule has 1 N–H and O–H groups in total. The Kier molecular flexibility index (Phi) is 4.45. The van der Waals surface area contributed by atoms with Crippen molar-refractivity contribution in [2.75, 3.05) is 26.8 Å². The van der Waals surface area contributed by atoms with Crippen LogP contribution in [-0.2, 0) is 11.3 Å². The maximum atomic E-state index is 8.85. The van der Waals surface area contributed by atoms with E-state index in [1.807, 2.05) is 6.07 Å². The summed E-state index contributed by atoms with van der Waals surface area (Å²) >= 11 is 0. The van der Waals surface area contributed by atoms with E-state index >= 15 is 0 Å². The third kappa shape index (κ3) is 3.38. The monoisotopic (exact) mass is 287 g/mol. The molecule has 1 aromatic rings. The number of aliphatic hydroxyl groups is 1. The summed E-state index contributed by atoms with van der Waals surface area (Å²) in [6.07, 6.45) is 3.21. The summed E-state index contributed by atoms with van der Waals surface area (Å²) in [6, 6.07) is 6.09. The average Bonchev–Trinajstić information content (AvgIpc) is 2.84. The molecule has 3 rings (SSSR count). The molecule has 2 aliphatic heterocycles. The molecule has 0 spiro atoms. The van der Waals surface area contributed by atoms with E-state index < -0.39 is 0 Å². The van der Waals surface area contributed by atoms with Crippen LogP contribution in [0.1, 0.15) is 24.0 Å². The zero-order valence-electron chi connectivity index (χ0n) is 12.3. The van der Waals surface area contributed by atoms with E-state index in [1.165, 1.54) is 18.4 Å². The smallest absolute Gasteiger partial charge is 0.134 e. The fraction of sp³-hybridized carbons (Fsp3) is 0.529. The van der Waals surface area contributed by atoms with Gasteiger partial charge in [-0.2, -0.15) is 0 Å². The Morgan fingerprint density at radius 2 is 2.10 bits per heavy atom. The molecule has 4 heteroatoms. The average molecular weight is 287 g/mol. The highest BCUT2D eigenvalue weighted by atomic mass is 16.5. The van der Waals surface area contributed by atoms with Gasteiger partial charge in [0.15, 0.2) is 0 Å². The Balaban J connectivity index is 1.73. The Labute approximate surface area is 125 Å². The van der Waals surface area contributed by atoms with E-state index in [0.717, 1.165) is 30.9 Å². The molecule has 4 nitrogen and oxygen atoms in total. The lowest BCUT2D eigenvalue weighted by molar-refractivity contribution is -0.0410. The van der Waals surface area contributed by atoms with Crippen molar-refractivity contribution >= 4 is 0 Å². The number of ether oxygens (including phenoxy) is 2. The van der Waals surface area contributed by atoms with Crippen LogP contribution >= 0.6 is 0 Å². The highest BCUT2D eigenvalue weighted by Crippen LogP contribution is 2.28. The van der Waals surface area contributed by atoms with Crippen LogP contribution in [0.3, 0.4) is 0 Å². The highest BCUT2D eigenvalue weighted by molar-refractivity contribution is 5.48. The molecule has 0 saturated carbocycles. The van der Waals surface area contributed by atoms with Gasteiger partial charge in [-0.3, -0.25) is 4.90 Å². The van der Waals surface area contributed by atoms with Crippen LogP contribution in [0.5, 0.6) is 5.75 Å². The molecule has 21 heavy (non-hydrogen) atoms. The Morgan fingerprint density at radius 1 is 1.33 bits per heavy atom. The lowest BCUT2D eigenvalue weighted by Crippen LogP contribution is -2.41. The first kappa shape index (κ1) is 14.4. The Bertz CT molecular complexity index is 549. The summed E-state index contributed by atoms with van der Waals surface area (Å²) in [5.74, 6) is 6.39. The van der Waals surface area contributed by atoms with E-state index in [2.05, 4.69) is 28.9 Å². The molecule has 0 aromatic heterocycles. The predicted molar refractivity (Wildman–Crippen MR) is 80.1 cm³/mol. The van der Waals surface area contributed by atoms with Crippen LogP contribution in [0.2, 0.25) is 0 Å². The normalized spacial score (nSPS) is 24.5. The van der Waals surface area contributed by atoms with E-state index in [1.54, 1.807) is 7.11 Å². The second kappa shape index (κ2) is 6.48. The molecule has 0 amide bonds. The standard InChI is InChI=1S/C17H21NO3/c1-20-17-7-4-13(9-14(17)3-2-8-19)10-18-11-15-5-6-16(12-18)21-15/h4,7,9,15-16,19H,5-6,8,10-12H2,1H3. The minimum atomic E-state index is -0.139. The van der Waals surface area contributed by atoms with Crippen molar-refractivity contribution in [2.24, 2.45) is 0 Å². The molecule has 112 valence electrons. The van der Waals surface area contributed by atoms with Crippen LogP contribution < -0.4 is 4.74 Å². The van der Waals surface area contributed by atoms with Crippen LogP contribution in [0.25, 0.3) is 0 Å². The summed E-state index contributed by atoms with van der Waals surface area (Å²) in [6.45, 7) is 2.80. The van der Waals surface area contributed by atoms with Crippen molar-refractivity contribution < 1.29 is 14.6 Å². The van der Waals surface area contributed by atoms with Crippen molar-refractivity contribution in [3.8, 4) is 17.6 Å². The van der Waals surface area contributed by atoms with Crippen LogP contribution in [0, 0.1) is 11.8 Å². The SMILES string of the molecule is COc1ccc(CN2CC3CCC(C2)O3)cc1C#CCO. The third-order valence-electron chi connectivity index (χ3n) is 4.09. The molecule has 0 radical (unpaired) electrons. The van der Waals surface area contributed by atoms with Crippen LogP contribution in [0.4, 0.5) is 0 Å². The zero-order valence-corrected chi connectivity index (χ0v) is 12.3. The third-order valence-corrected chi connectivity index (χ3v) is 4.09. The number of benzene rings is 1. The molecule has 2 unspecified atom stereocenters. The molecule has 0 aliphatic carbocycles. The maximum absolute atomic E-state index is 8.85. The zero-order chi connectivity index (χ0) is 14.7. The first-order valence-corrected chi connectivity index (χ1v) is 7.43. The Morgan fingerprint density at radius 3 is 2.76 bits per heavy atom. The van der Waals surface area contributed by atoms with Crippen molar-refractivity contribution in [1.29, 1.82) is 0 Å². The van der Waals surface area contributed by atoms with Gasteiger partial charge < -0.3 is 14.6 Å². The second-order valence-corrected chi connectivity index (χ2v) is 5.65. The molecule has 1 aromatic carbocycles. The number of fused-ring (bicyclic) bond motifs is 2. The highest BCUT2D eigenvalue weighted by Gasteiger charge is 2.33. The summed E-state index contributed by atoms with van der Waals surface area (Å²) in [5, 5.41) is 8.85. The molecular weight excluding hydrogens is 266 g/mol. The Hall–Kier alpha value is -1.54. The second-order valence-electron chi connectivity index (χ2n) is 5.65. The van der Waals surface area contributed by atoms with Crippen LogP contribution in [0.15, 0.2) is 18.2 Å². The summed E-state index contributed by atoms with van der Waals surface area (Å²) in [4.78, 5) is 2.46. The maximum Gasteiger partial charge on any atom is 0.134 e. The number of nitrogens with zero attached hydrogens (tertiary/aromatic N) is 1. The number of rotatable bonds is 3. The minimum Gasteiger partial charge on any atom is -0.495 e. The van der Waals surface area contributed by atoms with Gasteiger partial charge in [0.1, 0.15) is 12.4 Å². The molecular formula is C17H21NO3. The molecule has 2 aliphatic rings. The van der Waals surface area contributed by atoms with Gasteiger partial charge in [0.25, 0.3) is 0 Å². The van der Waals surface area contributed by atoms with Gasteiger partial charge in [-0.05, 0) is 30.5 Å². The molecule has 2 heterocycles. The quantitative estimate of drug-likeness (QED) is 0.853. The largest absolute Gasteiger partial charge is 0.495 e. The summed E-state index contributed by atoms with van der Waals surface area (Å²) in [5.41, 5.74) is 2.06. The molecule has 2 fully saturated rings. The summed E-state index contributed by atoms with van der Waals surface area (Å²) < 4.78 is 11.2. The summed E-state index contributed by atoms with van der Waals surface area (Å²) in [7, 11) is 1.64. The van der Waals surface area contributed by atoms with Crippen molar-refractivity contribution in [3.63, 3.8) is 0 Å². The van der Waals surface area contributed by atoms with Crippen molar-refractivity contribution in [3.05, 3.63) is 29.3 Å². The molecule has 2 bridgehead atoms. The molecule has 2 atom stereocenters. The topological polar surface area (TPSA) is 41.9 Å². The van der Waals surface area contributed by atoms with Crippen molar-refractivity contribution in [2.45, 2.75) is 31.6 Å². The minimum absolute atomic E-state index is 0.139. The number of hydrogen-bond acceptors (Lipinski definition) is 4. The lowest BCUT2D eigenvalue weighted by Gasteiger charge is -2.32. The number of morpholine rings is 1. The molecule has 2 saturated heterocycles. The van der Waals surface area contributed by atoms with E-state index in [-0.39, 0.29) is 6.61 Å². The lowest BCUT2D eigenvalue weighted by atomic mass is 10.1. The van der Waals surface area contributed by atoms with Gasteiger partial charge >= 0.3 is 0 Å². The fourth-order valence-electron chi connectivity index (χ4n) is 3.17. The van der Waals surface area contributed by atoms with E-state index in [9.17, 15) is 0 Å². The number of methoxy groups -OCH3 is 1. The first-order chi connectivity index (χ1) is 10.3. The fourth-order valence-corrected chi connectivity index (χ4v) is 3.17. The number of hydrogen-bond donors (Lipinski definition) is 1. The van der Waals surface area contributed by atoms with Gasteiger partial charge in [-0.1, -0.05) is 17.9 Å². The van der Waals surface area contributed by atoms with E-state index in [0.29, 0.717) is 12.2 Å². The van der Waals surface area contributed by atoms with Gasteiger partial charge in [0, 0.05) is 19.6 Å². The van der Waals surface area contributed by atoms with Gasteiger partial charge in [0.2, 0.25) is 0 Å². The van der Waals surface area contributed by atoms with Gasteiger partial charge in [-0.25, -0.2) is 0 Å². The van der Waals surface area contributed by atoms with Gasteiger partial charge in [-0.15, -0.1) is 0 Å². The van der Waals surface area contributed by atoms with E-state index in [4.69, 9.17) is 14.6 Å². The number of likely N-dealkylation sites (tertiary alicyclic amines) is 1. The van der Waals surface area contributed by atoms with Crippen LogP contribution in [-0.4, -0.2) is 49.0 Å². The predicted octanol–water partition coefficient (Wildman–Crippen LogP) is 1.40. The van der Waals surface area contributed by atoms with Crippen molar-refractivity contribution in [1.82, 2.24) is 4.90 Å². The first-order valence-electron chi connectivity index (χ1n) is 7.43. The number of aliphatic hydroxyl groups excluding tert-OH is 1.